The van der Waals surface area contributed by atoms with Crippen molar-refractivity contribution in [1.29, 1.82) is 0 Å². The lowest BCUT2D eigenvalue weighted by Gasteiger charge is -2.22. The van der Waals surface area contributed by atoms with Gasteiger partial charge in [-0.1, -0.05) is 0 Å². The quantitative estimate of drug-likeness (QED) is 0.600. The molecule has 10 heavy (non-hydrogen) atoms. The van der Waals surface area contributed by atoms with Crippen molar-refractivity contribution in [3.63, 3.8) is 0 Å². The molecule has 0 radical (unpaired) electrons. The Labute approximate surface area is 62.7 Å². The average molecular weight is 165 g/mol. The Hall–Kier alpha value is 0.0569. The van der Waals surface area contributed by atoms with Gasteiger partial charge in [0.05, 0.1) is 0 Å². The van der Waals surface area contributed by atoms with E-state index in [1.807, 2.05) is 13.8 Å². The molecule has 0 bridgehead atoms. The summed E-state index contributed by atoms with van der Waals surface area (Å²) in [6.45, 7) is 3.76. The molecule has 0 rings (SSSR count). The Morgan fingerprint density at radius 1 is 1.20 bits per heavy atom. The first kappa shape index (κ1) is 10.1. The van der Waals surface area contributed by atoms with Crippen molar-refractivity contribution in [2.24, 2.45) is 5.40 Å². The Balaban J connectivity index is 3.80. The summed E-state index contributed by atoms with van der Waals surface area (Å²) in [4.78, 5) is 0. The molecule has 0 aliphatic heterocycles. The first-order chi connectivity index (χ1) is 4.54. The van der Waals surface area contributed by atoms with Crippen LogP contribution < -0.4 is 5.40 Å². The Bertz CT molecular complexity index is 94.9. The van der Waals surface area contributed by atoms with Crippen molar-refractivity contribution in [2.45, 2.75) is 20.0 Å². The van der Waals surface area contributed by atoms with Crippen LogP contribution in [0, 0.1) is 0 Å². The molecule has 0 aromatic carbocycles. The van der Waals surface area contributed by atoms with E-state index >= 15 is 0 Å². The van der Waals surface area contributed by atoms with Crippen LogP contribution in [-0.4, -0.2) is 29.3 Å². The molecule has 0 aromatic rings. The predicted molar refractivity (Wildman–Crippen MR) is 40.2 cm³/mol. The van der Waals surface area contributed by atoms with Crippen LogP contribution in [0.2, 0.25) is 0 Å². The van der Waals surface area contributed by atoms with E-state index in [0.717, 1.165) is 0 Å². The highest BCUT2D eigenvalue weighted by Crippen LogP contribution is 2.02. The molecule has 0 aliphatic rings. The second-order valence-corrected chi connectivity index (χ2v) is 4.44. The standard InChI is InChI=1S/C5H15NO3Si/c1-5(2)9-10(6,7-3)8-4/h5H,6H2,1-4H3. The maximum Gasteiger partial charge on any atom is 0.593 e. The zero-order valence-corrected chi connectivity index (χ0v) is 7.88. The first-order valence-electron chi connectivity index (χ1n) is 3.11. The van der Waals surface area contributed by atoms with Crippen LogP contribution >= 0.6 is 0 Å². The van der Waals surface area contributed by atoms with Gasteiger partial charge in [-0.25, -0.2) is 0 Å². The summed E-state index contributed by atoms with van der Waals surface area (Å²) >= 11 is 0. The van der Waals surface area contributed by atoms with Gasteiger partial charge in [0.25, 0.3) is 0 Å². The van der Waals surface area contributed by atoms with Crippen LogP contribution in [0.1, 0.15) is 13.8 Å². The van der Waals surface area contributed by atoms with E-state index in [1.54, 1.807) is 0 Å². The van der Waals surface area contributed by atoms with E-state index in [1.165, 1.54) is 14.2 Å². The summed E-state index contributed by atoms with van der Waals surface area (Å²) in [5, 5.41) is 5.57. The van der Waals surface area contributed by atoms with E-state index in [-0.39, 0.29) is 6.10 Å². The highest BCUT2D eigenvalue weighted by atomic mass is 28.4. The maximum absolute atomic E-state index is 5.57. The van der Waals surface area contributed by atoms with Crippen molar-refractivity contribution in [2.75, 3.05) is 14.2 Å². The third-order valence-corrected chi connectivity index (χ3v) is 2.91. The SMILES string of the molecule is CO[Si](N)(OC)OC(C)C. The predicted octanol–water partition coefficient (Wildman–Crippen LogP) is 0.0985. The molecule has 0 aliphatic carbocycles. The van der Waals surface area contributed by atoms with E-state index in [0.29, 0.717) is 0 Å². The van der Waals surface area contributed by atoms with Crippen molar-refractivity contribution in [3.8, 4) is 0 Å². The second-order valence-electron chi connectivity index (χ2n) is 2.18. The molecule has 0 saturated heterocycles. The van der Waals surface area contributed by atoms with Crippen molar-refractivity contribution >= 4 is 8.97 Å². The molecule has 0 saturated carbocycles. The molecule has 2 N–H and O–H groups in total. The summed E-state index contributed by atoms with van der Waals surface area (Å²) in [6.07, 6.45) is 0.0385. The van der Waals surface area contributed by atoms with E-state index < -0.39 is 8.97 Å². The number of rotatable bonds is 4. The van der Waals surface area contributed by atoms with Gasteiger partial charge in [0.2, 0.25) is 0 Å². The number of hydrogen-bond donors (Lipinski definition) is 1. The van der Waals surface area contributed by atoms with Gasteiger partial charge in [-0.2, -0.15) is 0 Å². The van der Waals surface area contributed by atoms with Crippen LogP contribution in [0.3, 0.4) is 0 Å². The molecular weight excluding hydrogens is 150 g/mol. The Kier molecular flexibility index (Phi) is 4.07. The lowest BCUT2D eigenvalue weighted by molar-refractivity contribution is 0.0709. The fourth-order valence-corrected chi connectivity index (χ4v) is 1.52. The fraction of sp³-hybridized carbons (Fsp3) is 1.00. The normalized spacial score (nSPS) is 12.6. The minimum Gasteiger partial charge on any atom is -0.365 e. The largest absolute Gasteiger partial charge is 0.593 e. The van der Waals surface area contributed by atoms with E-state index in [2.05, 4.69) is 0 Å². The van der Waals surface area contributed by atoms with Gasteiger partial charge in [-0.3, -0.25) is 5.40 Å². The molecule has 0 amide bonds. The van der Waals surface area contributed by atoms with Gasteiger partial charge in [0, 0.05) is 20.3 Å². The highest BCUT2D eigenvalue weighted by Gasteiger charge is 2.35. The summed E-state index contributed by atoms with van der Waals surface area (Å²) in [6, 6.07) is 0. The van der Waals surface area contributed by atoms with Crippen molar-refractivity contribution in [3.05, 3.63) is 0 Å². The smallest absolute Gasteiger partial charge is 0.365 e. The Morgan fingerprint density at radius 3 is 1.70 bits per heavy atom. The van der Waals surface area contributed by atoms with E-state index in [4.69, 9.17) is 18.7 Å². The van der Waals surface area contributed by atoms with Gasteiger partial charge in [-0.05, 0) is 13.8 Å². The lowest BCUT2D eigenvalue weighted by Crippen LogP contribution is -2.55. The summed E-state index contributed by atoms with van der Waals surface area (Å²) < 4.78 is 14.9. The van der Waals surface area contributed by atoms with Crippen LogP contribution in [0.4, 0.5) is 0 Å². The maximum atomic E-state index is 5.57. The molecule has 5 heteroatoms. The summed E-state index contributed by atoms with van der Waals surface area (Å²) in [5.41, 5.74) is 0. The van der Waals surface area contributed by atoms with Crippen LogP contribution in [0.25, 0.3) is 0 Å². The second kappa shape index (κ2) is 4.04. The highest BCUT2D eigenvalue weighted by molar-refractivity contribution is 6.56. The average Bonchev–Trinajstić information content (AvgIpc) is 1.87. The molecule has 0 aromatic heterocycles. The van der Waals surface area contributed by atoms with Gasteiger partial charge >= 0.3 is 8.97 Å². The molecule has 0 spiro atoms. The first-order valence-corrected chi connectivity index (χ1v) is 4.91. The van der Waals surface area contributed by atoms with Crippen molar-refractivity contribution in [1.82, 2.24) is 0 Å². The molecule has 0 fully saturated rings. The molecule has 0 unspecified atom stereocenters. The summed E-state index contributed by atoms with van der Waals surface area (Å²) in [5.74, 6) is 0. The summed E-state index contributed by atoms with van der Waals surface area (Å²) in [7, 11) is 0.208. The molecule has 4 nitrogen and oxygen atoms in total. The molecule has 0 atom stereocenters. The number of hydrogen-bond acceptors (Lipinski definition) is 4. The zero-order chi connectivity index (χ0) is 8.20. The zero-order valence-electron chi connectivity index (χ0n) is 6.88. The minimum absolute atomic E-state index is 0.0385. The number of nitrogens with two attached hydrogens (primary N) is 1. The minimum atomic E-state index is -2.76. The Morgan fingerprint density at radius 2 is 1.60 bits per heavy atom. The fourth-order valence-electron chi connectivity index (χ4n) is 0.508. The third kappa shape index (κ3) is 3.28. The van der Waals surface area contributed by atoms with Gasteiger partial charge in [0.1, 0.15) is 0 Å². The van der Waals surface area contributed by atoms with Crippen molar-refractivity contribution < 1.29 is 13.3 Å². The molecule has 62 valence electrons. The van der Waals surface area contributed by atoms with Crippen LogP contribution in [0.15, 0.2) is 0 Å². The molecular formula is C5H15NO3Si. The van der Waals surface area contributed by atoms with Gasteiger partial charge in [-0.15, -0.1) is 0 Å². The third-order valence-electron chi connectivity index (χ3n) is 0.969. The monoisotopic (exact) mass is 165 g/mol. The molecule has 0 heterocycles. The van der Waals surface area contributed by atoms with Gasteiger partial charge < -0.3 is 13.3 Å². The topological polar surface area (TPSA) is 53.7 Å². The van der Waals surface area contributed by atoms with Crippen LogP contribution in [0.5, 0.6) is 0 Å². The van der Waals surface area contributed by atoms with Gasteiger partial charge in [0.15, 0.2) is 0 Å². The lowest BCUT2D eigenvalue weighted by atomic mass is 10.5. The van der Waals surface area contributed by atoms with Crippen LogP contribution in [-0.2, 0) is 13.3 Å². The van der Waals surface area contributed by atoms with E-state index in [9.17, 15) is 0 Å².